The molecular weight excluding hydrogens is 1420 g/mol. The fraction of sp³-hybridized carbons (Fsp3) is 0.414. The highest BCUT2D eigenvalue weighted by Crippen LogP contribution is 2.42. The van der Waals surface area contributed by atoms with E-state index in [-0.39, 0.29) is 11.9 Å². The Balaban J connectivity index is 0.000000378. The third-order valence-electron chi connectivity index (χ3n) is 13.6. The van der Waals surface area contributed by atoms with Gasteiger partial charge in [0.2, 0.25) is 5.77 Å². The molecule has 90 heavy (non-hydrogen) atoms. The summed E-state index contributed by atoms with van der Waals surface area (Å²) >= 11 is 2.63. The molecule has 6 aromatic rings. The Bertz CT molecular complexity index is 2860. The van der Waals surface area contributed by atoms with Gasteiger partial charge in [-0.2, -0.15) is 127 Å². The van der Waals surface area contributed by atoms with E-state index >= 15 is 0 Å². The van der Waals surface area contributed by atoms with Crippen molar-refractivity contribution in [3.8, 4) is 0 Å². The number of carbonyl (C=O) groups excluding carboxylic acids is 2. The van der Waals surface area contributed by atoms with Crippen LogP contribution in [0.5, 0.6) is 0 Å². The van der Waals surface area contributed by atoms with Gasteiger partial charge >= 0.3 is 82.6 Å². The first-order chi connectivity index (χ1) is 41.4. The number of esters is 2. The number of hydrogen-bond donors (Lipinski definition) is 0. The largest absolute Gasteiger partial charge is 0.462 e. The normalized spacial score (nSPS) is 13.1. The summed E-state index contributed by atoms with van der Waals surface area (Å²) in [6, 6.07) is -1.03. The van der Waals surface area contributed by atoms with Gasteiger partial charge in [0.25, 0.3) is 0 Å². The maximum atomic E-state index is 14.2. The Labute approximate surface area is 516 Å². The maximum absolute atomic E-state index is 14.2. The van der Waals surface area contributed by atoms with Gasteiger partial charge in [0.05, 0.1) is 57.7 Å². The topological polar surface area (TPSA) is 52.6 Å². The molecule has 0 saturated carbocycles. The van der Waals surface area contributed by atoms with E-state index in [4.69, 9.17) is 9.47 Å². The summed E-state index contributed by atoms with van der Waals surface area (Å²) in [5.74, 6) is -0.428. The van der Waals surface area contributed by atoms with Crippen molar-refractivity contribution in [1.29, 1.82) is 0 Å². The van der Waals surface area contributed by atoms with E-state index < -0.39 is 216 Å². The van der Waals surface area contributed by atoms with Crippen LogP contribution in [-0.4, -0.2) is 31.3 Å². The lowest BCUT2D eigenvalue weighted by Crippen LogP contribution is -3.61. The highest BCUT2D eigenvalue weighted by atomic mass is 127. The highest BCUT2D eigenvalue weighted by molar-refractivity contribution is 7.20. The Hall–Kier alpha value is -5.67. The number of thiophene rings is 2. The first-order valence-corrected chi connectivity index (χ1v) is 30.7. The lowest BCUT2D eigenvalue weighted by Gasteiger charge is -2.46. The van der Waals surface area contributed by atoms with E-state index in [2.05, 4.69) is 13.8 Å². The van der Waals surface area contributed by atoms with Gasteiger partial charge in [-0.15, -0.1) is 0 Å². The summed E-state index contributed by atoms with van der Waals surface area (Å²) in [5, 5.41) is 0. The van der Waals surface area contributed by atoms with Crippen molar-refractivity contribution in [2.45, 2.75) is 140 Å². The van der Waals surface area contributed by atoms with Crippen LogP contribution in [0, 0.1) is 5.77 Å². The van der Waals surface area contributed by atoms with Crippen LogP contribution in [0.2, 0.25) is 0 Å². The standard InChI is InChI=1S/C32H12BF24.C26H38IO4S2/c34-25(35,36)13-1-14(26(37,38)39)6-21(5-13)33(22-7-15(27(40,41)42)2-16(8-22)28(43,44)45,23-9-17(29(46,47)48)3-18(10-23)30(49,50)51)24-11-19(31(52,53)54)4-20(12-24)32(55,56)57;1-3-5-7-9-11-13-19-30-25(28)21-15-17-23(32-21)27-24-18-16-22(33-24)26(29)31-20-14-12-10-8-6-4-2/h1-12H;15-18H,3-14,19-20H2,1-2H3/q-1;+1. The van der Waals surface area contributed by atoms with Crippen LogP contribution < -0.4 is 43.1 Å². The average Bonchev–Trinajstić information content (AvgIpc) is 0.814. The number of alkyl halides is 24. The van der Waals surface area contributed by atoms with E-state index in [9.17, 15) is 115 Å². The minimum atomic E-state index is -6.13. The summed E-state index contributed by atoms with van der Waals surface area (Å²) in [6.07, 6.45) is -40.7. The van der Waals surface area contributed by atoms with E-state index in [1.54, 1.807) is 0 Å². The molecule has 0 amide bonds. The average molecular weight is 1470 g/mol. The van der Waals surface area contributed by atoms with Gasteiger partial charge in [0.15, 0.2) is 0 Å². The van der Waals surface area contributed by atoms with Gasteiger partial charge < -0.3 is 9.47 Å². The van der Waals surface area contributed by atoms with Crippen LogP contribution >= 0.6 is 22.7 Å². The van der Waals surface area contributed by atoms with Crippen molar-refractivity contribution in [1.82, 2.24) is 0 Å². The maximum Gasteiger partial charge on any atom is 0.416 e. The van der Waals surface area contributed by atoms with Crippen LogP contribution in [0.25, 0.3) is 0 Å². The van der Waals surface area contributed by atoms with Gasteiger partial charge in [-0.25, -0.2) is 9.59 Å². The fourth-order valence-electron chi connectivity index (χ4n) is 9.35. The number of benzene rings is 4. The number of hydrogen-bond acceptors (Lipinski definition) is 6. The quantitative estimate of drug-likeness (QED) is 0.0223. The molecule has 6 rings (SSSR count). The number of ether oxygens (including phenoxy) is 2. The second-order valence-electron chi connectivity index (χ2n) is 20.3. The third kappa shape index (κ3) is 20.7. The second kappa shape index (κ2) is 30.0. The molecule has 0 N–H and O–H groups in total. The van der Waals surface area contributed by atoms with Crippen LogP contribution in [0.4, 0.5) is 105 Å². The third-order valence-corrected chi connectivity index (χ3v) is 19.5. The molecule has 4 aromatic carbocycles. The predicted molar refractivity (Wildman–Crippen MR) is 283 cm³/mol. The minimum Gasteiger partial charge on any atom is -0.462 e. The van der Waals surface area contributed by atoms with Crippen LogP contribution in [0.3, 0.4) is 0 Å². The zero-order valence-electron chi connectivity index (χ0n) is 46.6. The van der Waals surface area contributed by atoms with Crippen molar-refractivity contribution in [3.63, 3.8) is 0 Å². The molecule has 0 saturated heterocycles. The zero-order valence-corrected chi connectivity index (χ0v) is 50.4. The van der Waals surface area contributed by atoms with Crippen LogP contribution in [0.15, 0.2) is 97.1 Å². The number of halogens is 25. The number of unbranched alkanes of at least 4 members (excludes halogenated alkanes) is 10. The minimum absolute atomic E-state index is 0.214. The Kier molecular flexibility index (Phi) is 25.0. The summed E-state index contributed by atoms with van der Waals surface area (Å²) < 4.78 is 354. The van der Waals surface area contributed by atoms with Crippen molar-refractivity contribution in [2.24, 2.45) is 0 Å². The van der Waals surface area contributed by atoms with Gasteiger partial charge in [-0.3, -0.25) is 0 Å². The summed E-state index contributed by atoms with van der Waals surface area (Å²) in [7, 11) is 0. The molecule has 0 bridgehead atoms. The molecule has 0 aliphatic rings. The summed E-state index contributed by atoms with van der Waals surface area (Å²) in [4.78, 5) is 25.9. The summed E-state index contributed by atoms with van der Waals surface area (Å²) in [5.41, 5.74) is -30.2. The Morgan fingerprint density at radius 1 is 0.333 bits per heavy atom. The van der Waals surface area contributed by atoms with E-state index in [1.165, 1.54) is 79.8 Å². The number of rotatable bonds is 22. The Morgan fingerprint density at radius 2 is 0.544 bits per heavy atom. The molecule has 496 valence electrons. The van der Waals surface area contributed by atoms with Gasteiger partial charge in [-0.05, 0) is 49.2 Å². The van der Waals surface area contributed by atoms with Gasteiger partial charge in [0, 0.05) is 12.1 Å². The van der Waals surface area contributed by atoms with Gasteiger partial charge in [-0.1, -0.05) is 149 Å². The number of carbonyl (C=O) groups is 2. The van der Waals surface area contributed by atoms with Crippen LogP contribution in [-0.2, 0) is 58.9 Å². The van der Waals surface area contributed by atoms with Gasteiger partial charge in [0.1, 0.15) is 15.9 Å². The molecular formula is C58H50BF24IO4S2. The molecule has 0 spiro atoms. The van der Waals surface area contributed by atoms with Crippen molar-refractivity contribution < 1.29 is 146 Å². The smallest absolute Gasteiger partial charge is 0.416 e. The first kappa shape index (κ1) is 75.1. The molecule has 4 nitrogen and oxygen atoms in total. The van der Waals surface area contributed by atoms with Crippen LogP contribution in [0.1, 0.15) is 155 Å². The molecule has 0 unspecified atom stereocenters. The predicted octanol–water partition coefficient (Wildman–Crippen LogP) is 16.2. The SMILES string of the molecule is CCCCCCCCOC(=O)c1ccc([I+]c2ccc(C(=O)OCCCCCCCC)s2)s1.FC(F)(F)c1cc([B-](c2cc(C(F)(F)F)cc(C(F)(F)F)c2)(c2cc(C(F)(F)F)cc(C(F)(F)F)c2)c2cc(C(F)(F)F)cc(C(F)(F)F)c2)cc(C(F)(F)F)c1. The molecule has 0 atom stereocenters. The molecule has 2 aromatic heterocycles. The van der Waals surface area contributed by atoms with E-state index in [0.29, 0.717) is 23.0 Å². The fourth-order valence-corrected chi connectivity index (χ4v) is 15.4. The van der Waals surface area contributed by atoms with Crippen molar-refractivity contribution in [2.75, 3.05) is 13.2 Å². The van der Waals surface area contributed by atoms with Crippen molar-refractivity contribution >= 4 is 62.6 Å². The highest BCUT2D eigenvalue weighted by Gasteiger charge is 2.47. The van der Waals surface area contributed by atoms with E-state index in [0.717, 1.165) is 25.7 Å². The molecule has 0 aliphatic carbocycles. The lowest BCUT2D eigenvalue weighted by atomic mass is 9.12. The monoisotopic (exact) mass is 1470 g/mol. The summed E-state index contributed by atoms with van der Waals surface area (Å²) in [6.45, 7) is 5.43. The Morgan fingerprint density at radius 3 is 0.756 bits per heavy atom. The second-order valence-corrected chi connectivity index (χ2v) is 26.8. The molecule has 32 heteroatoms. The molecule has 0 radical (unpaired) electrons. The van der Waals surface area contributed by atoms with E-state index in [1.807, 2.05) is 24.3 Å². The lowest BCUT2D eigenvalue weighted by molar-refractivity contribution is -0.585. The molecule has 2 heterocycles. The molecule has 0 fully saturated rings. The zero-order chi connectivity index (χ0) is 67.6. The first-order valence-electron chi connectivity index (χ1n) is 26.9. The van der Waals surface area contributed by atoms with Crippen molar-refractivity contribution in [3.05, 3.63) is 157 Å². The molecule has 0 aliphatic heterocycles.